The standard InChI is InChI=1S/C22H22F2N2O3/c23-19-10-17(26-18(13-27)14-29-22(26)28)11-20(24)21(19)16-6-8-25(9-7-16)12-15-4-2-1-3-5-15/h1-6,10-11,18,27H,7-9,12-14H2/t18-/m1/s1. The molecule has 2 aliphatic heterocycles. The zero-order chi connectivity index (χ0) is 20.4. The minimum Gasteiger partial charge on any atom is -0.447 e. The van der Waals surface area contributed by atoms with E-state index in [2.05, 4.69) is 17.0 Å². The Hall–Kier alpha value is -2.77. The van der Waals surface area contributed by atoms with Crippen LogP contribution in [0.1, 0.15) is 17.5 Å². The van der Waals surface area contributed by atoms with Crippen LogP contribution in [0.5, 0.6) is 0 Å². The Kier molecular flexibility index (Phi) is 5.60. The van der Waals surface area contributed by atoms with Crippen LogP contribution in [0, 0.1) is 11.6 Å². The van der Waals surface area contributed by atoms with E-state index < -0.39 is 23.8 Å². The molecule has 1 amide bonds. The molecule has 0 spiro atoms. The third kappa shape index (κ3) is 4.02. The second-order valence-corrected chi connectivity index (χ2v) is 7.27. The number of anilines is 1. The lowest BCUT2D eigenvalue weighted by atomic mass is 9.97. The highest BCUT2D eigenvalue weighted by Gasteiger charge is 2.35. The van der Waals surface area contributed by atoms with E-state index in [1.165, 1.54) is 5.56 Å². The molecule has 0 aromatic heterocycles. The van der Waals surface area contributed by atoms with Gasteiger partial charge in [-0.25, -0.2) is 13.6 Å². The molecule has 0 radical (unpaired) electrons. The maximum atomic E-state index is 14.8. The Bertz CT molecular complexity index is 910. The Balaban J connectivity index is 1.53. The average molecular weight is 400 g/mol. The number of carbonyl (C=O) groups excluding carboxylic acids is 1. The first-order valence-corrected chi connectivity index (χ1v) is 9.58. The van der Waals surface area contributed by atoms with Crippen molar-refractivity contribution in [2.24, 2.45) is 0 Å². The maximum absolute atomic E-state index is 14.8. The third-order valence-electron chi connectivity index (χ3n) is 5.34. The summed E-state index contributed by atoms with van der Waals surface area (Å²) >= 11 is 0. The average Bonchev–Trinajstić information content (AvgIpc) is 3.10. The molecule has 2 aliphatic rings. The summed E-state index contributed by atoms with van der Waals surface area (Å²) in [5.41, 5.74) is 1.81. The van der Waals surface area contributed by atoms with Crippen molar-refractivity contribution in [3.05, 3.63) is 71.3 Å². The largest absolute Gasteiger partial charge is 0.447 e. The molecule has 152 valence electrons. The number of halogens is 2. The second kappa shape index (κ2) is 8.31. The van der Waals surface area contributed by atoms with E-state index in [0.717, 1.165) is 23.6 Å². The molecule has 4 rings (SSSR count). The first-order valence-electron chi connectivity index (χ1n) is 9.58. The van der Waals surface area contributed by atoms with Gasteiger partial charge in [0.2, 0.25) is 0 Å². The number of rotatable bonds is 5. The fourth-order valence-electron chi connectivity index (χ4n) is 3.84. The number of cyclic esters (lactones) is 1. The molecule has 2 aromatic rings. The molecular weight excluding hydrogens is 378 g/mol. The quantitative estimate of drug-likeness (QED) is 0.834. The van der Waals surface area contributed by atoms with E-state index in [4.69, 9.17) is 4.74 Å². The highest BCUT2D eigenvalue weighted by molar-refractivity contribution is 5.90. The number of benzene rings is 2. The minimum atomic E-state index is -0.723. The van der Waals surface area contributed by atoms with Crippen LogP contribution in [-0.2, 0) is 11.3 Å². The molecular formula is C22H22F2N2O3. The summed E-state index contributed by atoms with van der Waals surface area (Å²) in [5.74, 6) is -1.45. The molecule has 1 N–H and O–H groups in total. The van der Waals surface area contributed by atoms with Gasteiger partial charge in [0.1, 0.15) is 18.2 Å². The summed E-state index contributed by atoms with van der Waals surface area (Å²) in [6.07, 6.45) is 1.67. The van der Waals surface area contributed by atoms with Crippen LogP contribution in [0.2, 0.25) is 0 Å². The summed E-state index contributed by atoms with van der Waals surface area (Å²) in [6.45, 7) is 1.73. The van der Waals surface area contributed by atoms with Crippen molar-refractivity contribution >= 4 is 17.4 Å². The van der Waals surface area contributed by atoms with Gasteiger partial charge in [-0.2, -0.15) is 0 Å². The molecule has 29 heavy (non-hydrogen) atoms. The lowest BCUT2D eigenvalue weighted by molar-refractivity contribution is 0.174. The Morgan fingerprint density at radius 2 is 1.86 bits per heavy atom. The van der Waals surface area contributed by atoms with Gasteiger partial charge in [0.25, 0.3) is 0 Å². The van der Waals surface area contributed by atoms with E-state index in [1.54, 1.807) is 0 Å². The van der Waals surface area contributed by atoms with Crippen LogP contribution in [0.4, 0.5) is 19.3 Å². The van der Waals surface area contributed by atoms with Crippen molar-refractivity contribution in [3.63, 3.8) is 0 Å². The zero-order valence-electron chi connectivity index (χ0n) is 15.9. The summed E-state index contributed by atoms with van der Waals surface area (Å²) in [7, 11) is 0. The van der Waals surface area contributed by atoms with E-state index in [0.29, 0.717) is 25.1 Å². The summed E-state index contributed by atoms with van der Waals surface area (Å²) in [4.78, 5) is 15.2. The van der Waals surface area contributed by atoms with Gasteiger partial charge in [-0.1, -0.05) is 36.4 Å². The predicted molar refractivity (Wildman–Crippen MR) is 105 cm³/mol. The first kappa shape index (κ1) is 19.5. The van der Waals surface area contributed by atoms with E-state index in [1.807, 2.05) is 24.3 Å². The van der Waals surface area contributed by atoms with Crippen LogP contribution in [0.25, 0.3) is 5.57 Å². The van der Waals surface area contributed by atoms with Gasteiger partial charge < -0.3 is 9.84 Å². The SMILES string of the molecule is O=C1OC[C@@H](CO)N1c1cc(F)c(C2=CCN(Cc3ccccc3)CC2)c(F)c1. The van der Waals surface area contributed by atoms with Crippen molar-refractivity contribution in [3.8, 4) is 0 Å². The van der Waals surface area contributed by atoms with E-state index >= 15 is 0 Å². The van der Waals surface area contributed by atoms with Crippen molar-refractivity contribution in [1.29, 1.82) is 0 Å². The van der Waals surface area contributed by atoms with E-state index in [9.17, 15) is 18.7 Å². The molecule has 0 unspecified atom stereocenters. The van der Waals surface area contributed by atoms with Crippen LogP contribution >= 0.6 is 0 Å². The van der Waals surface area contributed by atoms with Gasteiger partial charge in [0.15, 0.2) is 0 Å². The zero-order valence-corrected chi connectivity index (χ0v) is 15.9. The van der Waals surface area contributed by atoms with Crippen molar-refractivity contribution in [2.75, 3.05) is 31.2 Å². The summed E-state index contributed by atoms with van der Waals surface area (Å²) < 4.78 is 34.5. The molecule has 1 fully saturated rings. The molecule has 1 atom stereocenters. The Morgan fingerprint density at radius 1 is 1.14 bits per heavy atom. The van der Waals surface area contributed by atoms with Crippen LogP contribution in [-0.4, -0.2) is 48.4 Å². The molecule has 7 heteroatoms. The normalized spacial score (nSPS) is 20.0. The molecule has 2 heterocycles. The first-order chi connectivity index (χ1) is 14.1. The maximum Gasteiger partial charge on any atom is 0.414 e. The fourth-order valence-corrected chi connectivity index (χ4v) is 3.84. The van der Waals surface area contributed by atoms with Crippen LogP contribution in [0.3, 0.4) is 0 Å². The van der Waals surface area contributed by atoms with Crippen molar-refractivity contribution in [2.45, 2.75) is 19.0 Å². The van der Waals surface area contributed by atoms with Gasteiger partial charge in [0, 0.05) is 25.2 Å². The van der Waals surface area contributed by atoms with Gasteiger partial charge in [-0.05, 0) is 29.7 Å². The van der Waals surface area contributed by atoms with Gasteiger partial charge in [-0.3, -0.25) is 9.80 Å². The number of carbonyl (C=O) groups is 1. The molecule has 0 saturated carbocycles. The van der Waals surface area contributed by atoms with Gasteiger partial charge >= 0.3 is 6.09 Å². The molecule has 5 nitrogen and oxygen atoms in total. The Morgan fingerprint density at radius 3 is 2.48 bits per heavy atom. The summed E-state index contributed by atoms with van der Waals surface area (Å²) in [5, 5.41) is 9.37. The molecule has 0 aliphatic carbocycles. The molecule has 1 saturated heterocycles. The number of aliphatic hydroxyl groups is 1. The summed E-state index contributed by atoms with van der Waals surface area (Å²) in [6, 6.07) is 11.7. The van der Waals surface area contributed by atoms with Crippen LogP contribution < -0.4 is 4.90 Å². The molecule has 0 bridgehead atoms. The van der Waals surface area contributed by atoms with Crippen LogP contribution in [0.15, 0.2) is 48.5 Å². The fraction of sp³-hybridized carbons (Fsp3) is 0.318. The monoisotopic (exact) mass is 400 g/mol. The number of aliphatic hydroxyl groups excluding tert-OH is 1. The van der Waals surface area contributed by atoms with Crippen molar-refractivity contribution in [1.82, 2.24) is 4.90 Å². The van der Waals surface area contributed by atoms with E-state index in [-0.39, 0.29) is 24.5 Å². The second-order valence-electron chi connectivity index (χ2n) is 7.27. The number of hydrogen-bond donors (Lipinski definition) is 1. The van der Waals surface area contributed by atoms with Crippen molar-refractivity contribution < 1.29 is 23.4 Å². The molecule has 2 aromatic carbocycles. The smallest absolute Gasteiger partial charge is 0.414 e. The Labute approximate surface area is 167 Å². The lowest BCUT2D eigenvalue weighted by Gasteiger charge is -2.27. The lowest BCUT2D eigenvalue weighted by Crippen LogP contribution is -2.36. The highest BCUT2D eigenvalue weighted by Crippen LogP contribution is 2.32. The van der Waals surface area contributed by atoms with Gasteiger partial charge in [0.05, 0.1) is 18.3 Å². The highest BCUT2D eigenvalue weighted by atomic mass is 19.1. The van der Waals surface area contributed by atoms with Gasteiger partial charge in [-0.15, -0.1) is 0 Å². The number of nitrogens with zero attached hydrogens (tertiary/aromatic N) is 2. The predicted octanol–water partition coefficient (Wildman–Crippen LogP) is 3.57. The number of ether oxygens (including phenoxy) is 1. The topological polar surface area (TPSA) is 53.0 Å². The number of hydrogen-bond acceptors (Lipinski definition) is 4. The minimum absolute atomic E-state index is 0.0112. The number of amides is 1. The third-order valence-corrected chi connectivity index (χ3v) is 5.34.